The summed E-state index contributed by atoms with van der Waals surface area (Å²) in [5, 5.41) is 8.87. The van der Waals surface area contributed by atoms with Crippen LogP contribution in [-0.2, 0) is 11.2 Å². The summed E-state index contributed by atoms with van der Waals surface area (Å²) in [5.41, 5.74) is 8.33. The van der Waals surface area contributed by atoms with E-state index >= 15 is 0 Å². The van der Waals surface area contributed by atoms with Gasteiger partial charge in [0, 0.05) is 6.04 Å². The van der Waals surface area contributed by atoms with Crippen molar-refractivity contribution in [1.29, 1.82) is 0 Å². The van der Waals surface area contributed by atoms with Gasteiger partial charge in [-0.25, -0.2) is 0 Å². The smallest absolute Gasteiger partial charge is 0.306 e. The fourth-order valence-electron chi connectivity index (χ4n) is 1.99. The van der Waals surface area contributed by atoms with Crippen molar-refractivity contribution in [1.82, 2.24) is 0 Å². The van der Waals surface area contributed by atoms with Gasteiger partial charge in [0.1, 0.15) is 0 Å². The van der Waals surface area contributed by atoms with Gasteiger partial charge in [0.15, 0.2) is 0 Å². The van der Waals surface area contributed by atoms with Crippen molar-refractivity contribution in [3.63, 3.8) is 0 Å². The zero-order valence-corrected chi connectivity index (χ0v) is 11.4. The highest BCUT2D eigenvalue weighted by Crippen LogP contribution is 2.20. The molecule has 1 aromatic carbocycles. The Labute approximate surface area is 109 Å². The van der Waals surface area contributed by atoms with Crippen LogP contribution in [0.15, 0.2) is 24.3 Å². The van der Waals surface area contributed by atoms with E-state index in [0.29, 0.717) is 12.3 Å². The number of aliphatic carboxylic acids is 1. The molecule has 1 rings (SSSR count). The van der Waals surface area contributed by atoms with E-state index in [1.807, 2.05) is 12.1 Å². The van der Waals surface area contributed by atoms with Crippen LogP contribution in [-0.4, -0.2) is 11.1 Å². The first-order chi connectivity index (χ1) is 8.40. The summed E-state index contributed by atoms with van der Waals surface area (Å²) < 4.78 is 0. The van der Waals surface area contributed by atoms with Crippen LogP contribution < -0.4 is 5.73 Å². The average Bonchev–Trinajstić information content (AvgIpc) is 2.28. The lowest BCUT2D eigenvalue weighted by Gasteiger charge is -2.15. The van der Waals surface area contributed by atoms with Crippen molar-refractivity contribution in [2.75, 3.05) is 0 Å². The first-order valence-corrected chi connectivity index (χ1v) is 6.47. The number of carboxylic acids is 1. The van der Waals surface area contributed by atoms with E-state index in [1.54, 1.807) is 6.92 Å². The molecule has 18 heavy (non-hydrogen) atoms. The summed E-state index contributed by atoms with van der Waals surface area (Å²) in [5.74, 6) is -0.561. The Kier molecular flexibility index (Phi) is 5.35. The second-order valence-corrected chi connectivity index (χ2v) is 5.42. The van der Waals surface area contributed by atoms with Crippen molar-refractivity contribution in [2.24, 2.45) is 17.6 Å². The molecule has 0 heterocycles. The van der Waals surface area contributed by atoms with Gasteiger partial charge in [-0.05, 0) is 29.9 Å². The SMILES string of the molecule is CC(C)Cc1ccc(C(N)CC(C)C(=O)O)cc1. The molecule has 2 atom stereocenters. The molecule has 0 aliphatic rings. The summed E-state index contributed by atoms with van der Waals surface area (Å²) in [6.45, 7) is 6.07. The van der Waals surface area contributed by atoms with E-state index in [9.17, 15) is 4.79 Å². The Balaban J connectivity index is 2.64. The first-order valence-electron chi connectivity index (χ1n) is 6.47. The maximum absolute atomic E-state index is 10.8. The van der Waals surface area contributed by atoms with Crippen molar-refractivity contribution in [3.8, 4) is 0 Å². The van der Waals surface area contributed by atoms with Gasteiger partial charge in [0.25, 0.3) is 0 Å². The van der Waals surface area contributed by atoms with Crippen LogP contribution in [0.2, 0.25) is 0 Å². The minimum atomic E-state index is -0.790. The van der Waals surface area contributed by atoms with Crippen LogP contribution in [0.25, 0.3) is 0 Å². The predicted octanol–water partition coefficient (Wildman–Crippen LogP) is 3.00. The molecule has 0 bridgehead atoms. The molecule has 0 amide bonds. The van der Waals surface area contributed by atoms with Gasteiger partial charge >= 0.3 is 5.97 Å². The Morgan fingerprint density at radius 3 is 2.22 bits per heavy atom. The molecular formula is C15H23NO2. The first kappa shape index (κ1) is 14.7. The molecule has 3 heteroatoms. The number of rotatable bonds is 6. The van der Waals surface area contributed by atoms with E-state index in [1.165, 1.54) is 5.56 Å². The molecule has 0 spiro atoms. The van der Waals surface area contributed by atoms with E-state index in [-0.39, 0.29) is 6.04 Å². The molecule has 0 aliphatic carbocycles. The minimum absolute atomic E-state index is 0.204. The summed E-state index contributed by atoms with van der Waals surface area (Å²) in [7, 11) is 0. The third kappa shape index (κ3) is 4.49. The Bertz CT molecular complexity index is 384. The van der Waals surface area contributed by atoms with Crippen LogP contribution in [0, 0.1) is 11.8 Å². The van der Waals surface area contributed by atoms with Crippen LogP contribution >= 0.6 is 0 Å². The van der Waals surface area contributed by atoms with Gasteiger partial charge in [-0.2, -0.15) is 0 Å². The summed E-state index contributed by atoms with van der Waals surface area (Å²) in [4.78, 5) is 10.8. The standard InChI is InChI=1S/C15H23NO2/c1-10(2)8-12-4-6-13(7-5-12)14(16)9-11(3)15(17)18/h4-7,10-11,14H,8-9,16H2,1-3H3,(H,17,18). The molecule has 1 aromatic rings. The Morgan fingerprint density at radius 2 is 1.78 bits per heavy atom. The molecular weight excluding hydrogens is 226 g/mol. The van der Waals surface area contributed by atoms with E-state index in [0.717, 1.165) is 12.0 Å². The molecule has 100 valence electrons. The summed E-state index contributed by atoms with van der Waals surface area (Å²) >= 11 is 0. The molecule has 0 saturated carbocycles. The Hall–Kier alpha value is -1.35. The lowest BCUT2D eigenvalue weighted by atomic mass is 9.94. The number of carboxylic acid groups (broad SMARTS) is 1. The summed E-state index contributed by atoms with van der Waals surface area (Å²) in [6, 6.07) is 7.99. The summed E-state index contributed by atoms with van der Waals surface area (Å²) in [6.07, 6.45) is 1.53. The molecule has 0 aliphatic heterocycles. The maximum atomic E-state index is 10.8. The van der Waals surface area contributed by atoms with Gasteiger partial charge in [0.05, 0.1) is 5.92 Å². The number of hydrogen-bond donors (Lipinski definition) is 2. The quantitative estimate of drug-likeness (QED) is 0.814. The number of nitrogens with two attached hydrogens (primary N) is 1. The van der Waals surface area contributed by atoms with Crippen LogP contribution in [0.4, 0.5) is 0 Å². The fourth-order valence-corrected chi connectivity index (χ4v) is 1.99. The molecule has 2 unspecified atom stereocenters. The van der Waals surface area contributed by atoms with Crippen molar-refractivity contribution in [2.45, 2.75) is 39.7 Å². The highest BCUT2D eigenvalue weighted by molar-refractivity contribution is 5.69. The molecule has 0 saturated heterocycles. The largest absolute Gasteiger partial charge is 0.481 e. The van der Waals surface area contributed by atoms with Crippen LogP contribution in [0.5, 0.6) is 0 Å². The molecule has 0 radical (unpaired) electrons. The number of benzene rings is 1. The number of carbonyl (C=O) groups is 1. The van der Waals surface area contributed by atoms with Gasteiger partial charge in [-0.1, -0.05) is 45.0 Å². The average molecular weight is 249 g/mol. The van der Waals surface area contributed by atoms with Gasteiger partial charge < -0.3 is 10.8 Å². The third-order valence-electron chi connectivity index (χ3n) is 3.08. The predicted molar refractivity (Wildman–Crippen MR) is 73.3 cm³/mol. The van der Waals surface area contributed by atoms with Gasteiger partial charge in [0.2, 0.25) is 0 Å². The van der Waals surface area contributed by atoms with E-state index in [2.05, 4.69) is 26.0 Å². The third-order valence-corrected chi connectivity index (χ3v) is 3.08. The zero-order valence-electron chi connectivity index (χ0n) is 11.4. The minimum Gasteiger partial charge on any atom is -0.481 e. The van der Waals surface area contributed by atoms with E-state index in [4.69, 9.17) is 10.8 Å². The van der Waals surface area contributed by atoms with Gasteiger partial charge in [-0.3, -0.25) is 4.79 Å². The van der Waals surface area contributed by atoms with Crippen molar-refractivity contribution in [3.05, 3.63) is 35.4 Å². The molecule has 0 fully saturated rings. The second kappa shape index (κ2) is 6.55. The fraction of sp³-hybridized carbons (Fsp3) is 0.533. The topological polar surface area (TPSA) is 63.3 Å². The van der Waals surface area contributed by atoms with E-state index < -0.39 is 11.9 Å². The molecule has 3 N–H and O–H groups in total. The monoisotopic (exact) mass is 249 g/mol. The molecule has 3 nitrogen and oxygen atoms in total. The maximum Gasteiger partial charge on any atom is 0.306 e. The second-order valence-electron chi connectivity index (χ2n) is 5.42. The van der Waals surface area contributed by atoms with Crippen molar-refractivity contribution < 1.29 is 9.90 Å². The van der Waals surface area contributed by atoms with Crippen LogP contribution in [0.3, 0.4) is 0 Å². The van der Waals surface area contributed by atoms with Crippen molar-refractivity contribution >= 4 is 5.97 Å². The normalized spacial score (nSPS) is 14.5. The highest BCUT2D eigenvalue weighted by atomic mass is 16.4. The Morgan fingerprint density at radius 1 is 1.22 bits per heavy atom. The van der Waals surface area contributed by atoms with Gasteiger partial charge in [-0.15, -0.1) is 0 Å². The lowest BCUT2D eigenvalue weighted by Crippen LogP contribution is -2.19. The van der Waals surface area contributed by atoms with Crippen LogP contribution in [0.1, 0.15) is 44.4 Å². The molecule has 0 aromatic heterocycles. The highest BCUT2D eigenvalue weighted by Gasteiger charge is 2.16. The lowest BCUT2D eigenvalue weighted by molar-refractivity contribution is -0.141. The number of hydrogen-bond acceptors (Lipinski definition) is 2. The zero-order chi connectivity index (χ0) is 13.7.